The predicted octanol–water partition coefficient (Wildman–Crippen LogP) is -0.349. The summed E-state index contributed by atoms with van der Waals surface area (Å²) in [5, 5.41) is 15.6. The second-order valence-electron chi connectivity index (χ2n) is 6.74. The maximum atomic E-state index is 12.8. The van der Waals surface area contributed by atoms with Gasteiger partial charge in [0.1, 0.15) is 24.2 Å². The zero-order valence-corrected chi connectivity index (χ0v) is 17.3. The first kappa shape index (κ1) is 20.0. The number of benzene rings is 1. The van der Waals surface area contributed by atoms with Crippen molar-refractivity contribution in [3.63, 3.8) is 0 Å². The number of aromatic nitrogens is 1. The Hall–Kier alpha value is -3.32. The van der Waals surface area contributed by atoms with Crippen LogP contribution in [0.5, 0.6) is 0 Å². The van der Waals surface area contributed by atoms with Crippen molar-refractivity contribution in [1.82, 2.24) is 14.6 Å². The van der Waals surface area contributed by atoms with E-state index in [0.29, 0.717) is 5.56 Å². The van der Waals surface area contributed by atoms with Crippen molar-refractivity contribution < 1.29 is 18.6 Å². The third kappa shape index (κ3) is 3.21. The summed E-state index contributed by atoms with van der Waals surface area (Å²) < 4.78 is 13.0. The van der Waals surface area contributed by atoms with Crippen LogP contribution in [0.3, 0.4) is 0 Å². The Morgan fingerprint density at radius 1 is 1.47 bits per heavy atom. The normalized spacial score (nSPS) is 24.6. The zero-order chi connectivity index (χ0) is 21.6. The molecule has 1 aromatic carbocycles. The van der Waals surface area contributed by atoms with E-state index in [1.807, 2.05) is 0 Å². The number of carbonyl (C=O) groups excluding carboxylic acids is 2. The summed E-state index contributed by atoms with van der Waals surface area (Å²) in [5.74, 6) is -1.14. The van der Waals surface area contributed by atoms with E-state index in [0.717, 1.165) is 16.9 Å². The Labute approximate surface area is 177 Å². The van der Waals surface area contributed by atoms with E-state index in [2.05, 4.69) is 15.5 Å². The number of amides is 2. The van der Waals surface area contributed by atoms with Crippen molar-refractivity contribution in [3.8, 4) is 0 Å². The van der Waals surface area contributed by atoms with Crippen molar-refractivity contribution in [1.29, 1.82) is 5.41 Å². The average Bonchev–Trinajstić information content (AvgIpc) is 2.98. The van der Waals surface area contributed by atoms with Crippen molar-refractivity contribution in [3.05, 3.63) is 46.5 Å². The first-order valence-electron chi connectivity index (χ1n) is 8.65. The summed E-state index contributed by atoms with van der Waals surface area (Å²) >= 11 is 1.13. The SMILES string of the molecule is C[C@]12[C@@H](NC(=O)/C(=N\OCc3ccc(C(=N)N)cc3)c3csc(N)n3)C(=O)N1S2=O. The number of carbonyl (C=O) groups is 2. The third-order valence-corrected chi connectivity index (χ3v) is 7.30. The lowest BCUT2D eigenvalue weighted by Gasteiger charge is -2.29. The van der Waals surface area contributed by atoms with Crippen LogP contribution >= 0.6 is 11.3 Å². The van der Waals surface area contributed by atoms with Gasteiger partial charge in [0.05, 0.1) is 0 Å². The Kier molecular flexibility index (Phi) is 4.78. The molecule has 0 radical (unpaired) electrons. The summed E-state index contributed by atoms with van der Waals surface area (Å²) in [6, 6.07) is 5.88. The largest absolute Gasteiger partial charge is 0.390 e. The highest BCUT2D eigenvalue weighted by Gasteiger charge is 2.78. The molecule has 0 aliphatic carbocycles. The number of fused-ring (bicyclic) bond motifs is 1. The van der Waals surface area contributed by atoms with Crippen molar-refractivity contribution >= 4 is 50.8 Å². The van der Waals surface area contributed by atoms with Gasteiger partial charge in [-0.1, -0.05) is 29.4 Å². The highest BCUT2D eigenvalue weighted by molar-refractivity contribution is 7.92. The highest BCUT2D eigenvalue weighted by atomic mass is 32.2. The molecule has 2 aromatic rings. The van der Waals surface area contributed by atoms with Crippen LogP contribution in [-0.4, -0.2) is 47.8 Å². The maximum Gasteiger partial charge on any atom is 0.276 e. The van der Waals surface area contributed by atoms with Crippen LogP contribution in [0.25, 0.3) is 0 Å². The number of nitrogens with zero attached hydrogens (tertiary/aromatic N) is 3. The molecule has 156 valence electrons. The fourth-order valence-corrected chi connectivity index (χ4v) is 4.98. The van der Waals surface area contributed by atoms with Gasteiger partial charge in [-0.05, 0) is 12.5 Å². The van der Waals surface area contributed by atoms with E-state index in [4.69, 9.17) is 21.7 Å². The molecule has 1 aromatic heterocycles. The quantitative estimate of drug-likeness (QED) is 0.147. The summed E-state index contributed by atoms with van der Waals surface area (Å²) in [5.41, 5.74) is 12.4. The Morgan fingerprint density at radius 3 is 2.70 bits per heavy atom. The van der Waals surface area contributed by atoms with Crippen molar-refractivity contribution in [2.75, 3.05) is 5.73 Å². The number of nitrogens with one attached hydrogen (secondary N) is 2. The number of nitrogens with two attached hydrogens (primary N) is 2. The second-order valence-corrected chi connectivity index (χ2v) is 9.32. The topological polar surface area (TPSA) is 177 Å². The molecule has 1 unspecified atom stereocenters. The lowest BCUT2D eigenvalue weighted by atomic mass is 10.0. The number of anilines is 1. The molecular weight excluding hydrogens is 430 g/mol. The maximum absolute atomic E-state index is 12.8. The highest BCUT2D eigenvalue weighted by Crippen LogP contribution is 2.52. The van der Waals surface area contributed by atoms with Crippen LogP contribution < -0.4 is 16.8 Å². The summed E-state index contributed by atoms with van der Waals surface area (Å²) in [6.07, 6.45) is 0. The van der Waals surface area contributed by atoms with Gasteiger partial charge in [-0.15, -0.1) is 11.3 Å². The average molecular weight is 448 g/mol. The van der Waals surface area contributed by atoms with E-state index in [9.17, 15) is 13.8 Å². The molecular formula is C17H17N7O4S2. The molecule has 11 nitrogen and oxygen atoms in total. The minimum absolute atomic E-state index is 0.0463. The standard InChI is InChI=1S/C17H17N7O4S2/c1-17-12(15(26)24(17)30(17)27)22-14(25)11(10-7-29-16(20)21-10)23-28-6-8-2-4-9(5-3-8)13(18)19/h2-5,7,12H,6H2,1H3,(H3,18,19)(H2,20,21)(H,22,25)/b23-11-/t12-,17-,24?,30?/m0/s1. The Balaban J connectivity index is 1.48. The van der Waals surface area contributed by atoms with E-state index in [-0.39, 0.29) is 29.0 Å². The first-order chi connectivity index (χ1) is 14.2. The van der Waals surface area contributed by atoms with E-state index < -0.39 is 33.7 Å². The van der Waals surface area contributed by atoms with Crippen LogP contribution in [0.4, 0.5) is 5.13 Å². The predicted molar refractivity (Wildman–Crippen MR) is 111 cm³/mol. The second kappa shape index (κ2) is 7.18. The molecule has 2 amide bonds. The number of hydrogen-bond acceptors (Lipinski definition) is 9. The van der Waals surface area contributed by atoms with Crippen LogP contribution in [0.15, 0.2) is 34.8 Å². The number of rotatable bonds is 7. The molecule has 0 bridgehead atoms. The van der Waals surface area contributed by atoms with Crippen LogP contribution in [0.2, 0.25) is 0 Å². The molecule has 2 saturated heterocycles. The van der Waals surface area contributed by atoms with Gasteiger partial charge in [0.15, 0.2) is 26.7 Å². The number of nitrogen functional groups attached to an aromatic ring is 2. The number of oxime groups is 1. The van der Waals surface area contributed by atoms with Gasteiger partial charge in [-0.2, -0.15) is 0 Å². The number of hydrogen-bond donors (Lipinski definition) is 4. The van der Waals surface area contributed by atoms with Gasteiger partial charge < -0.3 is 21.6 Å². The lowest BCUT2D eigenvalue weighted by molar-refractivity contribution is -0.139. The van der Waals surface area contributed by atoms with Crippen LogP contribution in [0, 0.1) is 5.41 Å². The Bertz CT molecular complexity index is 1110. The molecule has 2 fully saturated rings. The van der Waals surface area contributed by atoms with Crippen molar-refractivity contribution in [2.24, 2.45) is 10.9 Å². The molecule has 30 heavy (non-hydrogen) atoms. The molecule has 2 aliphatic rings. The van der Waals surface area contributed by atoms with Crippen LogP contribution in [0.1, 0.15) is 23.7 Å². The number of thiazole rings is 1. The summed E-state index contributed by atoms with van der Waals surface area (Å²) in [6.45, 7) is 1.68. The summed E-state index contributed by atoms with van der Waals surface area (Å²) in [7, 11) is -1.43. The van der Waals surface area contributed by atoms with Gasteiger partial charge in [0, 0.05) is 10.9 Å². The molecule has 3 atom stereocenters. The number of β-lactam (4-membered cyclic amide) rings is 1. The summed E-state index contributed by atoms with van der Waals surface area (Å²) in [4.78, 5) is 33.2. The zero-order valence-electron chi connectivity index (χ0n) is 15.6. The fourth-order valence-electron chi connectivity index (χ4n) is 3.00. The molecule has 2 aliphatic heterocycles. The third-order valence-electron chi connectivity index (χ3n) is 4.78. The van der Waals surface area contributed by atoms with E-state index in [1.54, 1.807) is 36.6 Å². The van der Waals surface area contributed by atoms with Gasteiger partial charge in [0.25, 0.3) is 11.8 Å². The molecule has 3 heterocycles. The number of amidine groups is 1. The lowest BCUT2D eigenvalue weighted by Crippen LogP contribution is -2.62. The molecule has 6 N–H and O–H groups in total. The fraction of sp³-hybridized carbons (Fsp3) is 0.235. The van der Waals surface area contributed by atoms with Gasteiger partial charge >= 0.3 is 0 Å². The first-order valence-corrected chi connectivity index (χ1v) is 10.6. The monoisotopic (exact) mass is 447 g/mol. The van der Waals surface area contributed by atoms with E-state index in [1.165, 1.54) is 4.31 Å². The minimum Gasteiger partial charge on any atom is -0.390 e. The smallest absolute Gasteiger partial charge is 0.276 e. The minimum atomic E-state index is -1.43. The molecule has 0 spiro atoms. The van der Waals surface area contributed by atoms with Crippen molar-refractivity contribution in [2.45, 2.75) is 24.4 Å². The molecule has 13 heteroatoms. The van der Waals surface area contributed by atoms with Gasteiger partial charge in [0.2, 0.25) is 0 Å². The molecule has 0 saturated carbocycles. The van der Waals surface area contributed by atoms with Gasteiger partial charge in [-0.25, -0.2) is 13.5 Å². The molecule has 4 rings (SSSR count). The van der Waals surface area contributed by atoms with E-state index >= 15 is 0 Å². The van der Waals surface area contributed by atoms with Crippen LogP contribution in [-0.2, 0) is 32.0 Å². The van der Waals surface area contributed by atoms with Gasteiger partial charge in [-0.3, -0.25) is 15.0 Å². The Morgan fingerprint density at radius 2 is 2.17 bits per heavy atom.